The second kappa shape index (κ2) is 11.0. The van der Waals surface area contributed by atoms with Crippen molar-refractivity contribution in [3.63, 3.8) is 0 Å². The van der Waals surface area contributed by atoms with Gasteiger partial charge in [0.05, 0.1) is 5.39 Å². The first-order valence-corrected chi connectivity index (χ1v) is 11.3. The van der Waals surface area contributed by atoms with E-state index >= 15 is 0 Å². The first-order valence-electron chi connectivity index (χ1n) is 10.6. The highest BCUT2D eigenvalue weighted by Gasteiger charge is 2.20. The van der Waals surface area contributed by atoms with E-state index in [2.05, 4.69) is 15.7 Å². The molecule has 0 spiro atoms. The maximum absolute atomic E-state index is 12.9. The van der Waals surface area contributed by atoms with Gasteiger partial charge >= 0.3 is 5.97 Å². The Bertz CT molecular complexity index is 1540. The molecule has 4 rings (SSSR count). The second-order valence-corrected chi connectivity index (χ2v) is 8.42. The summed E-state index contributed by atoms with van der Waals surface area (Å²) < 4.78 is 6.00. The summed E-state index contributed by atoms with van der Waals surface area (Å²) in [7, 11) is 0. The van der Waals surface area contributed by atoms with Gasteiger partial charge in [-0.3, -0.25) is 14.4 Å². The molecular weight excluding hydrogens is 507 g/mol. The van der Waals surface area contributed by atoms with Crippen LogP contribution in [0.1, 0.15) is 10.5 Å². The van der Waals surface area contributed by atoms with Crippen LogP contribution in [0.3, 0.4) is 0 Å². The van der Waals surface area contributed by atoms with E-state index in [4.69, 9.17) is 27.9 Å². The molecule has 0 aliphatic heterocycles. The number of aromatic nitrogens is 2. The Morgan fingerprint density at radius 3 is 2.00 bits per heavy atom. The van der Waals surface area contributed by atoms with Crippen molar-refractivity contribution in [1.29, 1.82) is 0 Å². The number of carbonyl (C=O) groups is 3. The maximum atomic E-state index is 12.9. The second-order valence-electron chi connectivity index (χ2n) is 7.55. The van der Waals surface area contributed by atoms with E-state index in [1.54, 1.807) is 60.7 Å². The van der Waals surface area contributed by atoms with Crippen LogP contribution in [0.5, 0.6) is 0 Å². The van der Waals surface area contributed by atoms with Crippen LogP contribution < -0.4 is 16.2 Å². The number of hydrogen-bond donors (Lipinski definition) is 2. The Hall–Kier alpha value is -4.21. The molecule has 11 heteroatoms. The number of halogens is 2. The highest BCUT2D eigenvalue weighted by Crippen LogP contribution is 2.17. The highest BCUT2D eigenvalue weighted by molar-refractivity contribution is 6.31. The first-order chi connectivity index (χ1) is 17.3. The van der Waals surface area contributed by atoms with Crippen molar-refractivity contribution < 1.29 is 19.1 Å². The molecular formula is C25H18Cl2N4O5. The lowest BCUT2D eigenvalue weighted by Crippen LogP contribution is -2.32. The minimum absolute atomic E-state index is 0.165. The molecule has 0 saturated carbocycles. The van der Waals surface area contributed by atoms with Gasteiger partial charge in [0.15, 0.2) is 12.3 Å². The summed E-state index contributed by atoms with van der Waals surface area (Å²) in [6.45, 7) is -1.07. The summed E-state index contributed by atoms with van der Waals surface area (Å²) in [5.74, 6) is -2.08. The summed E-state index contributed by atoms with van der Waals surface area (Å²) in [5.41, 5.74) is 0.0940. The average Bonchev–Trinajstić information content (AvgIpc) is 2.84. The molecule has 9 nitrogen and oxygen atoms in total. The topological polar surface area (TPSA) is 119 Å². The van der Waals surface area contributed by atoms with Gasteiger partial charge < -0.3 is 15.4 Å². The van der Waals surface area contributed by atoms with Gasteiger partial charge in [-0.05, 0) is 42.5 Å². The number of nitrogens with one attached hydrogen (secondary N) is 2. The summed E-state index contributed by atoms with van der Waals surface area (Å²) in [4.78, 5) is 50.5. The quantitative estimate of drug-likeness (QED) is 0.350. The van der Waals surface area contributed by atoms with Crippen molar-refractivity contribution in [3.8, 4) is 0 Å². The number of nitrogens with zero attached hydrogens (tertiary/aromatic N) is 2. The van der Waals surface area contributed by atoms with Crippen molar-refractivity contribution in [2.75, 3.05) is 17.2 Å². The first kappa shape index (κ1) is 24.9. The molecule has 0 fully saturated rings. The molecule has 36 heavy (non-hydrogen) atoms. The molecule has 182 valence electrons. The van der Waals surface area contributed by atoms with Crippen LogP contribution >= 0.6 is 23.2 Å². The third-order valence-corrected chi connectivity index (χ3v) is 5.38. The molecule has 0 unspecified atom stereocenters. The fraction of sp³-hybridized carbons (Fsp3) is 0.0800. The number of esters is 1. The Kier molecular flexibility index (Phi) is 7.62. The molecule has 1 heterocycles. The van der Waals surface area contributed by atoms with Gasteiger partial charge in [0.25, 0.3) is 11.5 Å². The molecule has 1 aromatic heterocycles. The van der Waals surface area contributed by atoms with Gasteiger partial charge in [-0.1, -0.05) is 53.5 Å². The fourth-order valence-electron chi connectivity index (χ4n) is 3.36. The number of fused-ring (bicyclic) bond motifs is 1. The van der Waals surface area contributed by atoms with Crippen LogP contribution in [0, 0.1) is 0 Å². The molecule has 0 atom stereocenters. The van der Waals surface area contributed by atoms with Gasteiger partial charge in [-0.25, -0.2) is 9.48 Å². The fourth-order valence-corrected chi connectivity index (χ4v) is 3.74. The van der Waals surface area contributed by atoms with Crippen LogP contribution in [0.4, 0.5) is 11.4 Å². The normalized spacial score (nSPS) is 10.6. The molecule has 4 aromatic rings. The summed E-state index contributed by atoms with van der Waals surface area (Å²) in [6.07, 6.45) is 0. The molecule has 0 bridgehead atoms. The van der Waals surface area contributed by atoms with Gasteiger partial charge in [-0.2, -0.15) is 5.10 Å². The van der Waals surface area contributed by atoms with Gasteiger partial charge in [-0.15, -0.1) is 0 Å². The van der Waals surface area contributed by atoms with Crippen LogP contribution in [0.2, 0.25) is 10.0 Å². The molecule has 2 N–H and O–H groups in total. The predicted molar refractivity (Wildman–Crippen MR) is 136 cm³/mol. The van der Waals surface area contributed by atoms with Crippen LogP contribution in [0.15, 0.2) is 77.6 Å². The zero-order valence-corrected chi connectivity index (χ0v) is 20.0. The number of anilines is 2. The summed E-state index contributed by atoms with van der Waals surface area (Å²) >= 11 is 11.8. The Morgan fingerprint density at radius 2 is 1.39 bits per heavy atom. The predicted octanol–water partition coefficient (Wildman–Crippen LogP) is 4.14. The number of ether oxygens (including phenoxy) is 1. The smallest absolute Gasteiger partial charge is 0.359 e. The summed E-state index contributed by atoms with van der Waals surface area (Å²) in [5, 5.41) is 10.5. The molecule has 0 aliphatic carbocycles. The van der Waals surface area contributed by atoms with Crippen molar-refractivity contribution in [2.24, 2.45) is 0 Å². The summed E-state index contributed by atoms with van der Waals surface area (Å²) in [6, 6.07) is 19.3. The maximum Gasteiger partial charge on any atom is 0.359 e. The SMILES string of the molecule is O=C(COC(=O)c1nn(CC(=O)Nc2cccc(Cl)c2)c(=O)c2ccccc12)Nc1cccc(Cl)c1. The van der Waals surface area contributed by atoms with Gasteiger partial charge in [0.2, 0.25) is 5.91 Å². The third kappa shape index (κ3) is 6.07. The molecule has 0 radical (unpaired) electrons. The van der Waals surface area contributed by atoms with E-state index in [1.165, 1.54) is 12.1 Å². The van der Waals surface area contributed by atoms with Gasteiger partial charge in [0.1, 0.15) is 6.54 Å². The monoisotopic (exact) mass is 524 g/mol. The van der Waals surface area contributed by atoms with E-state index in [1.807, 2.05) is 0 Å². The highest BCUT2D eigenvalue weighted by atomic mass is 35.5. The number of hydrogen-bond acceptors (Lipinski definition) is 6. The van der Waals surface area contributed by atoms with Crippen molar-refractivity contribution >= 4 is 63.1 Å². The van der Waals surface area contributed by atoms with Crippen molar-refractivity contribution in [3.05, 3.63) is 98.9 Å². The third-order valence-electron chi connectivity index (χ3n) is 4.91. The number of amides is 2. The van der Waals surface area contributed by atoms with Crippen molar-refractivity contribution in [2.45, 2.75) is 6.54 Å². The number of carbonyl (C=O) groups excluding carboxylic acids is 3. The minimum atomic E-state index is -0.934. The Balaban J connectivity index is 1.53. The van der Waals surface area contributed by atoms with E-state index in [-0.39, 0.29) is 16.5 Å². The van der Waals surface area contributed by atoms with E-state index in [9.17, 15) is 19.2 Å². The van der Waals surface area contributed by atoms with Crippen molar-refractivity contribution in [1.82, 2.24) is 9.78 Å². The number of benzene rings is 3. The van der Waals surface area contributed by atoms with Crippen LogP contribution in [-0.2, 0) is 20.9 Å². The van der Waals surface area contributed by atoms with E-state index in [0.29, 0.717) is 21.4 Å². The standard InChI is InChI=1S/C25H18Cl2N4O5/c26-15-5-3-7-17(11-15)28-21(32)13-31-24(34)20-10-2-1-9-19(20)23(30-31)25(35)36-14-22(33)29-18-8-4-6-16(27)12-18/h1-12H,13-14H2,(H,28,32)(H,29,33). The molecule has 3 aromatic carbocycles. The van der Waals surface area contributed by atoms with Crippen LogP contribution in [-0.4, -0.2) is 34.2 Å². The molecule has 0 aliphatic rings. The largest absolute Gasteiger partial charge is 0.451 e. The average molecular weight is 525 g/mol. The Labute approximate surface area is 214 Å². The number of rotatable bonds is 7. The lowest BCUT2D eigenvalue weighted by Gasteiger charge is -2.11. The minimum Gasteiger partial charge on any atom is -0.451 e. The Morgan fingerprint density at radius 1 is 0.806 bits per heavy atom. The zero-order chi connectivity index (χ0) is 25.7. The molecule has 2 amide bonds. The van der Waals surface area contributed by atoms with E-state index in [0.717, 1.165) is 4.68 Å². The lowest BCUT2D eigenvalue weighted by atomic mass is 10.1. The van der Waals surface area contributed by atoms with E-state index < -0.39 is 36.5 Å². The molecule has 0 saturated heterocycles. The lowest BCUT2D eigenvalue weighted by molar-refractivity contribution is -0.119. The van der Waals surface area contributed by atoms with Crippen LogP contribution in [0.25, 0.3) is 10.8 Å². The zero-order valence-electron chi connectivity index (χ0n) is 18.5. The van der Waals surface area contributed by atoms with Gasteiger partial charge in [0, 0.05) is 26.8 Å².